The zero-order chi connectivity index (χ0) is 18.4. The van der Waals surface area contributed by atoms with Crippen molar-refractivity contribution in [1.29, 1.82) is 5.26 Å². The number of nitriles is 1. The van der Waals surface area contributed by atoms with Crippen LogP contribution in [0.25, 0.3) is 0 Å². The minimum atomic E-state index is -0.735. The highest BCUT2D eigenvalue weighted by Crippen LogP contribution is 2.19. The molecule has 0 radical (unpaired) electrons. The number of carbonyl (C=O) groups excluding carboxylic acids is 2. The summed E-state index contributed by atoms with van der Waals surface area (Å²) in [6, 6.07) is 11.7. The average molecular weight is 335 g/mol. The number of nitrogen functional groups attached to an aromatic ring is 1. The molecule has 0 bridgehead atoms. The molecule has 3 N–H and O–H groups in total. The molecule has 2 aromatic rings. The first kappa shape index (κ1) is 17.7. The highest BCUT2D eigenvalue weighted by molar-refractivity contribution is 6.21. The first-order valence-corrected chi connectivity index (χ1v) is 7.43. The Morgan fingerprint density at radius 1 is 1.28 bits per heavy atom. The van der Waals surface area contributed by atoms with Crippen molar-refractivity contribution >= 4 is 29.0 Å². The molecule has 0 spiro atoms. The maximum Gasteiger partial charge on any atom is 0.277 e. The van der Waals surface area contributed by atoms with E-state index < -0.39 is 11.8 Å². The van der Waals surface area contributed by atoms with Gasteiger partial charge in [-0.25, -0.2) is 9.88 Å². The number of imide groups is 1. The van der Waals surface area contributed by atoms with Crippen LogP contribution in [-0.2, 0) is 9.59 Å². The number of aryl methyl sites for hydroxylation is 1. The van der Waals surface area contributed by atoms with E-state index in [4.69, 9.17) is 5.73 Å². The molecule has 1 aromatic carbocycles. The van der Waals surface area contributed by atoms with Gasteiger partial charge in [0.05, 0.1) is 5.69 Å². The van der Waals surface area contributed by atoms with Gasteiger partial charge < -0.3 is 11.1 Å². The molecule has 7 nitrogen and oxygen atoms in total. The average Bonchev–Trinajstić information content (AvgIpc) is 2.58. The maximum absolute atomic E-state index is 12.6. The van der Waals surface area contributed by atoms with Crippen LogP contribution in [-0.4, -0.2) is 16.8 Å². The lowest BCUT2D eigenvalue weighted by Crippen LogP contribution is -2.36. The lowest BCUT2D eigenvalue weighted by molar-refractivity contribution is -0.123. The SMILES string of the molecule is CC(=O)N(C(=O)/C(C#N)=C\Nc1ncccc1C)c1ccc(N)cc1. The minimum absolute atomic E-state index is 0.225. The molecule has 0 aliphatic rings. The summed E-state index contributed by atoms with van der Waals surface area (Å²) in [5.74, 6) is -0.726. The van der Waals surface area contributed by atoms with Gasteiger partial charge in [-0.2, -0.15) is 5.26 Å². The van der Waals surface area contributed by atoms with E-state index in [0.717, 1.165) is 10.5 Å². The summed E-state index contributed by atoms with van der Waals surface area (Å²) in [6.45, 7) is 3.09. The van der Waals surface area contributed by atoms with Gasteiger partial charge in [0.1, 0.15) is 17.5 Å². The summed E-state index contributed by atoms with van der Waals surface area (Å²) >= 11 is 0. The molecule has 2 rings (SSSR count). The van der Waals surface area contributed by atoms with Crippen molar-refractivity contribution in [2.75, 3.05) is 16.0 Å². The second-order valence-electron chi connectivity index (χ2n) is 5.23. The van der Waals surface area contributed by atoms with Crippen LogP contribution < -0.4 is 16.0 Å². The summed E-state index contributed by atoms with van der Waals surface area (Å²) in [5, 5.41) is 12.1. The smallest absolute Gasteiger partial charge is 0.277 e. The second kappa shape index (κ2) is 7.75. The molecular formula is C18H17N5O2. The van der Waals surface area contributed by atoms with E-state index in [1.54, 1.807) is 36.5 Å². The lowest BCUT2D eigenvalue weighted by Gasteiger charge is -2.19. The largest absolute Gasteiger partial charge is 0.399 e. The highest BCUT2D eigenvalue weighted by Gasteiger charge is 2.24. The molecule has 2 amide bonds. The predicted molar refractivity (Wildman–Crippen MR) is 95.3 cm³/mol. The van der Waals surface area contributed by atoms with E-state index in [9.17, 15) is 14.9 Å². The number of nitrogens with zero attached hydrogens (tertiary/aromatic N) is 3. The Labute approximate surface area is 145 Å². The van der Waals surface area contributed by atoms with Crippen molar-refractivity contribution in [3.8, 4) is 6.07 Å². The highest BCUT2D eigenvalue weighted by atomic mass is 16.2. The van der Waals surface area contributed by atoms with Crippen molar-refractivity contribution in [2.45, 2.75) is 13.8 Å². The Morgan fingerprint density at radius 2 is 1.96 bits per heavy atom. The summed E-state index contributed by atoms with van der Waals surface area (Å²) < 4.78 is 0. The van der Waals surface area contributed by atoms with Gasteiger partial charge in [0.25, 0.3) is 5.91 Å². The minimum Gasteiger partial charge on any atom is -0.399 e. The molecule has 0 unspecified atom stereocenters. The third kappa shape index (κ3) is 4.20. The topological polar surface area (TPSA) is 112 Å². The number of rotatable bonds is 4. The van der Waals surface area contributed by atoms with Gasteiger partial charge in [-0.15, -0.1) is 0 Å². The van der Waals surface area contributed by atoms with Gasteiger partial charge in [-0.05, 0) is 42.8 Å². The first-order chi connectivity index (χ1) is 11.9. The number of benzene rings is 1. The molecular weight excluding hydrogens is 318 g/mol. The van der Waals surface area contributed by atoms with Crippen LogP contribution in [0, 0.1) is 18.3 Å². The molecule has 7 heteroatoms. The standard InChI is InChI=1S/C18H17N5O2/c1-12-4-3-9-21-17(12)22-11-14(10-19)18(25)23(13(2)24)16-7-5-15(20)6-8-16/h3-9,11H,20H2,1-2H3,(H,21,22)/b14-11-. The molecule has 1 heterocycles. The van der Waals surface area contributed by atoms with Crippen LogP contribution in [0.3, 0.4) is 0 Å². The lowest BCUT2D eigenvalue weighted by atomic mass is 10.2. The van der Waals surface area contributed by atoms with Gasteiger partial charge in [-0.3, -0.25) is 9.59 Å². The number of carbonyl (C=O) groups is 2. The van der Waals surface area contributed by atoms with E-state index in [2.05, 4.69) is 10.3 Å². The van der Waals surface area contributed by atoms with Gasteiger partial charge in [0.2, 0.25) is 5.91 Å². The van der Waals surface area contributed by atoms with Crippen LogP contribution in [0.4, 0.5) is 17.2 Å². The van der Waals surface area contributed by atoms with E-state index in [1.165, 1.54) is 13.1 Å². The predicted octanol–water partition coefficient (Wildman–Crippen LogP) is 2.37. The number of amides is 2. The Balaban J connectivity index is 2.31. The molecule has 1 aromatic heterocycles. The summed E-state index contributed by atoms with van der Waals surface area (Å²) in [4.78, 5) is 29.6. The van der Waals surface area contributed by atoms with Gasteiger partial charge in [0, 0.05) is 25.0 Å². The van der Waals surface area contributed by atoms with Gasteiger partial charge in [0.15, 0.2) is 0 Å². The fourth-order valence-corrected chi connectivity index (χ4v) is 2.11. The van der Waals surface area contributed by atoms with E-state index in [1.807, 2.05) is 19.1 Å². The number of nitrogens with two attached hydrogens (primary N) is 1. The first-order valence-electron chi connectivity index (χ1n) is 7.43. The van der Waals surface area contributed by atoms with Crippen LogP contribution in [0.2, 0.25) is 0 Å². The van der Waals surface area contributed by atoms with E-state index in [0.29, 0.717) is 17.2 Å². The Hall–Kier alpha value is -3.66. The fourth-order valence-electron chi connectivity index (χ4n) is 2.11. The Morgan fingerprint density at radius 3 is 2.52 bits per heavy atom. The molecule has 0 atom stereocenters. The second-order valence-corrected chi connectivity index (χ2v) is 5.23. The maximum atomic E-state index is 12.6. The number of hydrogen-bond donors (Lipinski definition) is 2. The molecule has 0 aliphatic heterocycles. The molecule has 0 saturated heterocycles. The fraction of sp³-hybridized carbons (Fsp3) is 0.111. The van der Waals surface area contributed by atoms with Crippen molar-refractivity contribution in [2.24, 2.45) is 0 Å². The van der Waals surface area contributed by atoms with Gasteiger partial charge >= 0.3 is 0 Å². The summed E-state index contributed by atoms with van der Waals surface area (Å²) in [6.07, 6.45) is 2.83. The van der Waals surface area contributed by atoms with E-state index in [-0.39, 0.29) is 5.57 Å². The number of anilines is 3. The molecule has 25 heavy (non-hydrogen) atoms. The van der Waals surface area contributed by atoms with E-state index >= 15 is 0 Å². The number of pyridine rings is 1. The zero-order valence-corrected chi connectivity index (χ0v) is 13.9. The quantitative estimate of drug-likeness (QED) is 0.504. The normalized spacial score (nSPS) is 10.7. The van der Waals surface area contributed by atoms with Crippen molar-refractivity contribution < 1.29 is 9.59 Å². The van der Waals surface area contributed by atoms with Gasteiger partial charge in [-0.1, -0.05) is 6.07 Å². The third-order valence-electron chi connectivity index (χ3n) is 3.38. The number of aromatic nitrogens is 1. The summed E-state index contributed by atoms with van der Waals surface area (Å²) in [5.41, 5.74) is 7.09. The van der Waals surface area contributed by atoms with Crippen molar-refractivity contribution in [3.05, 3.63) is 59.9 Å². The Kier molecular flexibility index (Phi) is 5.48. The summed E-state index contributed by atoms with van der Waals surface area (Å²) in [7, 11) is 0. The van der Waals surface area contributed by atoms with Crippen LogP contribution in [0.5, 0.6) is 0 Å². The molecule has 126 valence electrons. The zero-order valence-electron chi connectivity index (χ0n) is 13.9. The van der Waals surface area contributed by atoms with Crippen LogP contribution >= 0.6 is 0 Å². The van der Waals surface area contributed by atoms with Crippen molar-refractivity contribution in [1.82, 2.24) is 4.98 Å². The number of nitrogens with one attached hydrogen (secondary N) is 1. The van der Waals surface area contributed by atoms with Crippen molar-refractivity contribution in [3.63, 3.8) is 0 Å². The third-order valence-corrected chi connectivity index (χ3v) is 3.38. The molecule has 0 saturated carbocycles. The molecule has 0 aliphatic carbocycles. The van der Waals surface area contributed by atoms with Crippen LogP contribution in [0.1, 0.15) is 12.5 Å². The monoisotopic (exact) mass is 335 g/mol. The van der Waals surface area contributed by atoms with Crippen LogP contribution in [0.15, 0.2) is 54.4 Å². The Bertz CT molecular complexity index is 866. The number of hydrogen-bond acceptors (Lipinski definition) is 6. The molecule has 0 fully saturated rings.